The molecule has 0 unspecified atom stereocenters. The molecule has 0 saturated carbocycles. The number of halogens is 1. The molecular formula is C16H17ClN4O3. The SMILES string of the molecule is O=C(c1c[nH]c(=O)[nH]c1=O)N1CCN(Cc2ccc(Cl)cc2)CC1. The van der Waals surface area contributed by atoms with Crippen LogP contribution >= 0.6 is 11.6 Å². The predicted octanol–water partition coefficient (Wildman–Crippen LogP) is 0.675. The Labute approximate surface area is 142 Å². The molecule has 1 aromatic heterocycles. The second-order valence-electron chi connectivity index (χ2n) is 5.68. The van der Waals surface area contributed by atoms with E-state index in [1.54, 1.807) is 4.90 Å². The van der Waals surface area contributed by atoms with Crippen LogP contribution in [0.5, 0.6) is 0 Å². The van der Waals surface area contributed by atoms with Crippen molar-refractivity contribution in [3.8, 4) is 0 Å². The van der Waals surface area contributed by atoms with Gasteiger partial charge in [-0.3, -0.25) is 19.5 Å². The highest BCUT2D eigenvalue weighted by Gasteiger charge is 2.24. The summed E-state index contributed by atoms with van der Waals surface area (Å²) in [5.74, 6) is -0.362. The predicted molar refractivity (Wildman–Crippen MR) is 90.3 cm³/mol. The van der Waals surface area contributed by atoms with Gasteiger partial charge in [-0.2, -0.15) is 0 Å². The molecule has 2 aromatic rings. The minimum absolute atomic E-state index is 0.0410. The zero-order valence-electron chi connectivity index (χ0n) is 12.9. The molecule has 1 aliphatic rings. The Kier molecular flexibility index (Phi) is 4.82. The first-order valence-electron chi connectivity index (χ1n) is 7.61. The fourth-order valence-electron chi connectivity index (χ4n) is 2.70. The Balaban J connectivity index is 1.60. The summed E-state index contributed by atoms with van der Waals surface area (Å²) in [5, 5.41) is 0.709. The van der Waals surface area contributed by atoms with Crippen LogP contribution in [-0.4, -0.2) is 51.9 Å². The van der Waals surface area contributed by atoms with E-state index in [0.29, 0.717) is 18.1 Å². The zero-order valence-corrected chi connectivity index (χ0v) is 13.7. The number of amides is 1. The Morgan fingerprint density at radius 3 is 2.38 bits per heavy atom. The number of benzene rings is 1. The third kappa shape index (κ3) is 3.74. The lowest BCUT2D eigenvalue weighted by atomic mass is 10.2. The van der Waals surface area contributed by atoms with Crippen molar-refractivity contribution < 1.29 is 4.79 Å². The topological polar surface area (TPSA) is 89.3 Å². The molecule has 1 amide bonds. The Morgan fingerprint density at radius 2 is 1.75 bits per heavy atom. The van der Waals surface area contributed by atoms with Crippen molar-refractivity contribution in [2.24, 2.45) is 0 Å². The maximum atomic E-state index is 12.4. The summed E-state index contributed by atoms with van der Waals surface area (Å²) in [6.45, 7) is 3.29. The first kappa shape index (κ1) is 16.5. The zero-order chi connectivity index (χ0) is 17.1. The van der Waals surface area contributed by atoms with E-state index in [-0.39, 0.29) is 11.5 Å². The van der Waals surface area contributed by atoms with Crippen LogP contribution in [0.1, 0.15) is 15.9 Å². The Morgan fingerprint density at radius 1 is 1.08 bits per heavy atom. The molecule has 126 valence electrons. The molecule has 1 fully saturated rings. The lowest BCUT2D eigenvalue weighted by molar-refractivity contribution is 0.0626. The summed E-state index contributed by atoms with van der Waals surface area (Å²) >= 11 is 5.88. The van der Waals surface area contributed by atoms with Gasteiger partial charge < -0.3 is 9.88 Å². The van der Waals surface area contributed by atoms with Gasteiger partial charge in [0.2, 0.25) is 0 Å². The molecule has 0 spiro atoms. The normalized spacial score (nSPS) is 15.5. The summed E-state index contributed by atoms with van der Waals surface area (Å²) in [5.41, 5.74) is -0.159. The van der Waals surface area contributed by atoms with Crippen LogP contribution in [0.25, 0.3) is 0 Å². The first-order valence-corrected chi connectivity index (χ1v) is 7.99. The number of nitrogens with zero attached hydrogens (tertiary/aromatic N) is 2. The van der Waals surface area contributed by atoms with Crippen LogP contribution < -0.4 is 11.2 Å². The first-order chi connectivity index (χ1) is 11.5. The quantitative estimate of drug-likeness (QED) is 0.853. The lowest BCUT2D eigenvalue weighted by Gasteiger charge is -2.34. The van der Waals surface area contributed by atoms with Gasteiger partial charge in [0.05, 0.1) is 0 Å². The van der Waals surface area contributed by atoms with Gasteiger partial charge in [0.15, 0.2) is 0 Å². The van der Waals surface area contributed by atoms with Crippen LogP contribution in [0.2, 0.25) is 5.02 Å². The molecule has 1 aliphatic heterocycles. The highest BCUT2D eigenvalue weighted by atomic mass is 35.5. The van der Waals surface area contributed by atoms with Gasteiger partial charge in [-0.15, -0.1) is 0 Å². The Bertz CT molecular complexity index is 835. The van der Waals surface area contributed by atoms with Crippen molar-refractivity contribution >= 4 is 17.5 Å². The summed E-state index contributed by atoms with van der Waals surface area (Å²) in [7, 11) is 0. The number of carbonyl (C=O) groups excluding carboxylic acids is 1. The van der Waals surface area contributed by atoms with E-state index in [2.05, 4.69) is 14.9 Å². The van der Waals surface area contributed by atoms with Crippen molar-refractivity contribution in [2.45, 2.75) is 6.54 Å². The minimum atomic E-state index is -0.660. The molecule has 0 aliphatic carbocycles. The van der Waals surface area contributed by atoms with Gasteiger partial charge in [0, 0.05) is 43.9 Å². The maximum Gasteiger partial charge on any atom is 0.325 e. The largest absolute Gasteiger partial charge is 0.336 e. The molecule has 8 heteroatoms. The number of piperazine rings is 1. The molecule has 0 bridgehead atoms. The molecular weight excluding hydrogens is 332 g/mol. The van der Waals surface area contributed by atoms with Crippen LogP contribution in [0, 0.1) is 0 Å². The average molecular weight is 349 g/mol. The number of rotatable bonds is 3. The van der Waals surface area contributed by atoms with Crippen LogP contribution in [0.3, 0.4) is 0 Å². The van der Waals surface area contributed by atoms with Crippen molar-refractivity contribution in [1.29, 1.82) is 0 Å². The van der Waals surface area contributed by atoms with Gasteiger partial charge >= 0.3 is 5.69 Å². The third-order valence-electron chi connectivity index (χ3n) is 4.03. The number of aromatic nitrogens is 2. The number of nitrogens with one attached hydrogen (secondary N) is 2. The van der Waals surface area contributed by atoms with Gasteiger partial charge in [-0.25, -0.2) is 4.79 Å². The van der Waals surface area contributed by atoms with Crippen LogP contribution in [0.4, 0.5) is 0 Å². The minimum Gasteiger partial charge on any atom is -0.336 e. The second-order valence-corrected chi connectivity index (χ2v) is 6.12. The van der Waals surface area contributed by atoms with Crippen LogP contribution in [0.15, 0.2) is 40.1 Å². The molecule has 24 heavy (non-hydrogen) atoms. The molecule has 1 aromatic carbocycles. The van der Waals surface area contributed by atoms with E-state index in [9.17, 15) is 14.4 Å². The monoisotopic (exact) mass is 348 g/mol. The number of carbonyl (C=O) groups is 1. The molecule has 2 N–H and O–H groups in total. The van der Waals surface area contributed by atoms with E-state index < -0.39 is 11.2 Å². The highest BCUT2D eigenvalue weighted by molar-refractivity contribution is 6.30. The average Bonchev–Trinajstić information content (AvgIpc) is 2.57. The molecule has 3 rings (SSSR count). The van der Waals surface area contributed by atoms with Crippen LogP contribution in [-0.2, 0) is 6.54 Å². The fourth-order valence-corrected chi connectivity index (χ4v) is 2.82. The number of H-pyrrole nitrogens is 2. The van der Waals surface area contributed by atoms with Gasteiger partial charge in [-0.05, 0) is 17.7 Å². The molecule has 2 heterocycles. The van der Waals surface area contributed by atoms with Gasteiger partial charge in [0.25, 0.3) is 11.5 Å². The fraction of sp³-hybridized carbons (Fsp3) is 0.312. The van der Waals surface area contributed by atoms with E-state index in [4.69, 9.17) is 11.6 Å². The van der Waals surface area contributed by atoms with Gasteiger partial charge in [0.1, 0.15) is 5.56 Å². The van der Waals surface area contributed by atoms with E-state index >= 15 is 0 Å². The summed E-state index contributed by atoms with van der Waals surface area (Å²) in [6, 6.07) is 7.69. The number of hydrogen-bond donors (Lipinski definition) is 2. The standard InChI is InChI=1S/C16H17ClN4O3/c17-12-3-1-11(2-4-12)10-20-5-7-21(8-6-20)15(23)13-9-18-16(24)19-14(13)22/h1-4,9H,5-8,10H2,(H2,18,19,22,24). The van der Waals surface area contributed by atoms with Crippen molar-refractivity contribution in [3.05, 3.63) is 67.4 Å². The Hall–Kier alpha value is -2.38. The van der Waals surface area contributed by atoms with Crippen molar-refractivity contribution in [2.75, 3.05) is 26.2 Å². The molecule has 0 atom stereocenters. The smallest absolute Gasteiger partial charge is 0.325 e. The summed E-state index contributed by atoms with van der Waals surface area (Å²) in [4.78, 5) is 43.4. The molecule has 7 nitrogen and oxygen atoms in total. The molecule has 1 saturated heterocycles. The number of aromatic amines is 2. The van der Waals surface area contributed by atoms with Crippen molar-refractivity contribution in [3.63, 3.8) is 0 Å². The third-order valence-corrected chi connectivity index (χ3v) is 4.28. The summed E-state index contributed by atoms with van der Waals surface area (Å²) in [6.07, 6.45) is 1.17. The highest BCUT2D eigenvalue weighted by Crippen LogP contribution is 2.13. The van der Waals surface area contributed by atoms with Gasteiger partial charge in [-0.1, -0.05) is 23.7 Å². The summed E-state index contributed by atoms with van der Waals surface area (Å²) < 4.78 is 0. The van der Waals surface area contributed by atoms with E-state index in [1.807, 2.05) is 24.3 Å². The molecule has 0 radical (unpaired) electrons. The lowest BCUT2D eigenvalue weighted by Crippen LogP contribution is -2.49. The van der Waals surface area contributed by atoms with E-state index in [0.717, 1.165) is 25.2 Å². The van der Waals surface area contributed by atoms with E-state index in [1.165, 1.54) is 6.20 Å². The van der Waals surface area contributed by atoms with Crippen molar-refractivity contribution in [1.82, 2.24) is 19.8 Å². The second kappa shape index (κ2) is 7.02. The number of hydrogen-bond acceptors (Lipinski definition) is 4. The maximum absolute atomic E-state index is 12.4.